The van der Waals surface area contributed by atoms with Crippen LogP contribution in [-0.4, -0.2) is 28.4 Å². The van der Waals surface area contributed by atoms with Crippen LogP contribution in [0.4, 0.5) is 5.82 Å². The van der Waals surface area contributed by atoms with E-state index in [4.69, 9.17) is 4.74 Å². The molecule has 3 rings (SSSR count). The van der Waals surface area contributed by atoms with Crippen molar-refractivity contribution in [3.05, 3.63) is 48.2 Å². The molecule has 1 aliphatic carbocycles. The first-order valence-electron chi connectivity index (χ1n) is 8.20. The second-order valence-electron chi connectivity index (χ2n) is 6.08. The molecule has 0 saturated heterocycles. The Hall–Kier alpha value is -2.14. The molecule has 1 saturated carbocycles. The van der Waals surface area contributed by atoms with E-state index < -0.39 is 6.10 Å². The molecule has 0 aliphatic heterocycles. The van der Waals surface area contributed by atoms with Gasteiger partial charge in [-0.1, -0.05) is 30.3 Å². The SMILES string of the molecule is C[C@@H](OCC1CC1)C(=O)Nc1ccnn1CCc1ccccc1. The summed E-state index contributed by atoms with van der Waals surface area (Å²) < 4.78 is 7.42. The number of hydrogen-bond donors (Lipinski definition) is 1. The number of nitrogens with zero attached hydrogens (tertiary/aromatic N) is 2. The van der Waals surface area contributed by atoms with E-state index in [9.17, 15) is 4.79 Å². The lowest BCUT2D eigenvalue weighted by atomic mass is 10.1. The fourth-order valence-electron chi connectivity index (χ4n) is 2.37. The van der Waals surface area contributed by atoms with Gasteiger partial charge >= 0.3 is 0 Å². The Morgan fingerprint density at radius 1 is 1.35 bits per heavy atom. The van der Waals surface area contributed by atoms with Gasteiger partial charge in [-0.15, -0.1) is 0 Å². The van der Waals surface area contributed by atoms with Crippen LogP contribution in [0.1, 0.15) is 25.3 Å². The smallest absolute Gasteiger partial charge is 0.254 e. The van der Waals surface area contributed by atoms with Gasteiger partial charge in [0.25, 0.3) is 5.91 Å². The van der Waals surface area contributed by atoms with E-state index >= 15 is 0 Å². The summed E-state index contributed by atoms with van der Waals surface area (Å²) in [4.78, 5) is 12.2. The van der Waals surface area contributed by atoms with Gasteiger partial charge in [0.2, 0.25) is 0 Å². The van der Waals surface area contributed by atoms with Gasteiger partial charge in [-0.25, -0.2) is 4.68 Å². The zero-order valence-corrected chi connectivity index (χ0v) is 13.4. The lowest BCUT2D eigenvalue weighted by Crippen LogP contribution is -2.29. The highest BCUT2D eigenvalue weighted by Gasteiger charge is 2.24. The number of aryl methyl sites for hydroxylation is 2. The Bertz CT molecular complexity index is 635. The lowest BCUT2D eigenvalue weighted by molar-refractivity contribution is -0.126. The van der Waals surface area contributed by atoms with E-state index in [1.807, 2.05) is 28.9 Å². The maximum atomic E-state index is 12.2. The van der Waals surface area contributed by atoms with Gasteiger partial charge in [0.05, 0.1) is 12.8 Å². The third-order valence-corrected chi connectivity index (χ3v) is 4.07. The van der Waals surface area contributed by atoms with Crippen molar-refractivity contribution in [2.75, 3.05) is 11.9 Å². The second-order valence-corrected chi connectivity index (χ2v) is 6.08. The van der Waals surface area contributed by atoms with Gasteiger partial charge in [0.1, 0.15) is 11.9 Å². The van der Waals surface area contributed by atoms with Crippen molar-refractivity contribution >= 4 is 11.7 Å². The fraction of sp³-hybridized carbons (Fsp3) is 0.444. The quantitative estimate of drug-likeness (QED) is 0.815. The van der Waals surface area contributed by atoms with Gasteiger partial charge < -0.3 is 10.1 Å². The van der Waals surface area contributed by atoms with Crippen LogP contribution in [0.25, 0.3) is 0 Å². The summed E-state index contributed by atoms with van der Waals surface area (Å²) in [6.07, 6.45) is 4.59. The monoisotopic (exact) mass is 313 g/mol. The largest absolute Gasteiger partial charge is 0.368 e. The number of carbonyl (C=O) groups excluding carboxylic acids is 1. The molecular formula is C18H23N3O2. The molecule has 1 aliphatic rings. The Morgan fingerprint density at radius 3 is 2.87 bits per heavy atom. The van der Waals surface area contributed by atoms with Crippen molar-refractivity contribution in [1.29, 1.82) is 0 Å². The van der Waals surface area contributed by atoms with Crippen molar-refractivity contribution < 1.29 is 9.53 Å². The van der Waals surface area contributed by atoms with Crippen LogP contribution >= 0.6 is 0 Å². The normalized spacial score (nSPS) is 15.3. The van der Waals surface area contributed by atoms with E-state index in [1.165, 1.54) is 18.4 Å². The molecule has 5 heteroatoms. The van der Waals surface area contributed by atoms with Crippen LogP contribution in [0, 0.1) is 5.92 Å². The molecule has 1 aromatic heterocycles. The Morgan fingerprint density at radius 2 is 2.13 bits per heavy atom. The number of aromatic nitrogens is 2. The molecule has 1 atom stereocenters. The van der Waals surface area contributed by atoms with Crippen molar-refractivity contribution in [1.82, 2.24) is 9.78 Å². The average molecular weight is 313 g/mol. The Balaban J connectivity index is 1.51. The van der Waals surface area contributed by atoms with E-state index in [0.717, 1.165) is 13.0 Å². The molecule has 122 valence electrons. The van der Waals surface area contributed by atoms with Crippen LogP contribution in [0.15, 0.2) is 42.6 Å². The molecular weight excluding hydrogens is 290 g/mol. The van der Waals surface area contributed by atoms with Crippen LogP contribution < -0.4 is 5.32 Å². The highest BCUT2D eigenvalue weighted by atomic mass is 16.5. The number of nitrogens with one attached hydrogen (secondary N) is 1. The first kappa shape index (κ1) is 15.7. The number of anilines is 1. The average Bonchev–Trinajstić information content (AvgIpc) is 3.31. The topological polar surface area (TPSA) is 56.1 Å². The molecule has 1 heterocycles. The summed E-state index contributed by atoms with van der Waals surface area (Å²) in [5.74, 6) is 1.25. The van der Waals surface area contributed by atoms with E-state index in [0.29, 0.717) is 18.3 Å². The first-order chi connectivity index (χ1) is 11.2. The van der Waals surface area contributed by atoms with Gasteiger partial charge in [-0.05, 0) is 37.7 Å². The second kappa shape index (κ2) is 7.42. The standard InChI is InChI=1S/C18H23N3O2/c1-14(23-13-16-7-8-16)18(22)20-17-9-11-19-21(17)12-10-15-5-3-2-4-6-15/h2-6,9,11,14,16H,7-8,10,12-13H2,1H3,(H,20,22)/t14-/m1/s1. The maximum Gasteiger partial charge on any atom is 0.254 e. The summed E-state index contributed by atoms with van der Waals surface area (Å²) in [5, 5.41) is 7.20. The molecule has 0 radical (unpaired) electrons. The van der Waals surface area contributed by atoms with Crippen LogP contribution in [0.3, 0.4) is 0 Å². The highest BCUT2D eigenvalue weighted by Crippen LogP contribution is 2.29. The maximum absolute atomic E-state index is 12.2. The molecule has 1 N–H and O–H groups in total. The minimum absolute atomic E-state index is 0.118. The van der Waals surface area contributed by atoms with Crippen LogP contribution in [0.2, 0.25) is 0 Å². The Labute approximate surface area is 136 Å². The fourth-order valence-corrected chi connectivity index (χ4v) is 2.37. The predicted octanol–water partition coefficient (Wildman–Crippen LogP) is 2.88. The summed E-state index contributed by atoms with van der Waals surface area (Å²) in [6.45, 7) is 3.20. The lowest BCUT2D eigenvalue weighted by Gasteiger charge is -2.14. The molecule has 0 bridgehead atoms. The van der Waals surface area contributed by atoms with E-state index in [2.05, 4.69) is 22.5 Å². The van der Waals surface area contributed by atoms with Gasteiger partial charge in [-0.2, -0.15) is 5.10 Å². The molecule has 0 unspecified atom stereocenters. The third-order valence-electron chi connectivity index (χ3n) is 4.07. The minimum Gasteiger partial charge on any atom is -0.368 e. The number of carbonyl (C=O) groups is 1. The third kappa shape index (κ3) is 4.66. The molecule has 1 fully saturated rings. The summed E-state index contributed by atoms with van der Waals surface area (Å²) >= 11 is 0. The highest BCUT2D eigenvalue weighted by molar-refractivity contribution is 5.93. The molecule has 5 nitrogen and oxygen atoms in total. The zero-order valence-electron chi connectivity index (χ0n) is 13.4. The number of ether oxygens (including phenoxy) is 1. The summed E-state index contributed by atoms with van der Waals surface area (Å²) in [5.41, 5.74) is 1.25. The minimum atomic E-state index is -0.437. The van der Waals surface area contributed by atoms with Crippen molar-refractivity contribution in [3.8, 4) is 0 Å². The van der Waals surface area contributed by atoms with E-state index in [1.54, 1.807) is 13.1 Å². The number of rotatable bonds is 8. The molecule has 23 heavy (non-hydrogen) atoms. The molecule has 2 aromatic rings. The van der Waals surface area contributed by atoms with Crippen molar-refractivity contribution in [3.63, 3.8) is 0 Å². The van der Waals surface area contributed by atoms with Gasteiger partial charge in [0, 0.05) is 12.6 Å². The first-order valence-corrected chi connectivity index (χ1v) is 8.20. The molecule has 0 spiro atoms. The van der Waals surface area contributed by atoms with Gasteiger partial charge in [-0.3, -0.25) is 4.79 Å². The van der Waals surface area contributed by atoms with E-state index in [-0.39, 0.29) is 5.91 Å². The van der Waals surface area contributed by atoms with Crippen LogP contribution in [-0.2, 0) is 22.5 Å². The Kier molecular flexibility index (Phi) is 5.08. The molecule has 1 amide bonds. The van der Waals surface area contributed by atoms with Crippen molar-refractivity contribution in [2.45, 2.75) is 38.8 Å². The molecule has 1 aromatic carbocycles. The summed E-state index contributed by atoms with van der Waals surface area (Å²) in [6, 6.07) is 12.1. The van der Waals surface area contributed by atoms with Crippen molar-refractivity contribution in [2.24, 2.45) is 5.92 Å². The van der Waals surface area contributed by atoms with Gasteiger partial charge in [0.15, 0.2) is 0 Å². The zero-order chi connectivity index (χ0) is 16.1. The van der Waals surface area contributed by atoms with Crippen LogP contribution in [0.5, 0.6) is 0 Å². The number of amides is 1. The number of benzene rings is 1. The summed E-state index contributed by atoms with van der Waals surface area (Å²) in [7, 11) is 0. The number of hydrogen-bond acceptors (Lipinski definition) is 3. The predicted molar refractivity (Wildman–Crippen MR) is 89.1 cm³/mol.